The Morgan fingerprint density at radius 3 is 3.09 bits per heavy atom. The molecule has 2 aliphatic rings. The van der Waals surface area contributed by atoms with E-state index in [2.05, 4.69) is 20.2 Å². The van der Waals surface area contributed by atoms with Gasteiger partial charge in [-0.05, 0) is 12.8 Å². The number of ether oxygens (including phenoxy) is 1. The van der Waals surface area contributed by atoms with Crippen molar-refractivity contribution < 1.29 is 9.84 Å². The van der Waals surface area contributed by atoms with Crippen LogP contribution >= 0.6 is 0 Å². The molecule has 1 saturated carbocycles. The van der Waals surface area contributed by atoms with E-state index < -0.39 is 0 Å². The molecule has 3 heterocycles. The van der Waals surface area contributed by atoms with E-state index in [4.69, 9.17) is 9.84 Å². The summed E-state index contributed by atoms with van der Waals surface area (Å²) in [6.45, 7) is 1.66. The third-order valence-corrected chi connectivity index (χ3v) is 4.02. The first-order valence-corrected chi connectivity index (χ1v) is 7.40. The van der Waals surface area contributed by atoms with Crippen LogP contribution in [-0.2, 0) is 18.1 Å². The number of hydrogen-bond acceptors (Lipinski definition) is 7. The molecule has 0 spiro atoms. The smallest absolute Gasteiger partial charge is 0.284 e. The third kappa shape index (κ3) is 2.27. The lowest BCUT2D eigenvalue weighted by Crippen LogP contribution is -2.43. The minimum atomic E-state index is -0.140. The number of hydrogen-bond donors (Lipinski definition) is 2. The summed E-state index contributed by atoms with van der Waals surface area (Å²) in [5.41, 5.74) is 0.705. The highest BCUT2D eigenvalue weighted by molar-refractivity contribution is 5.71. The third-order valence-electron chi connectivity index (χ3n) is 4.02. The predicted molar refractivity (Wildman–Crippen MR) is 78.2 cm³/mol. The molecule has 9 nitrogen and oxygen atoms in total. The molecule has 1 fully saturated rings. The predicted octanol–water partition coefficient (Wildman–Crippen LogP) is -0.636. The number of rotatable bonds is 5. The number of nitrogens with zero attached hydrogens (tertiary/aromatic N) is 5. The number of anilines is 1. The van der Waals surface area contributed by atoms with Crippen molar-refractivity contribution >= 4 is 17.1 Å². The molecule has 0 unspecified atom stereocenters. The van der Waals surface area contributed by atoms with E-state index in [1.807, 2.05) is 0 Å². The summed E-state index contributed by atoms with van der Waals surface area (Å²) in [6.07, 6.45) is 3.93. The zero-order chi connectivity index (χ0) is 15.1. The maximum atomic E-state index is 12.6. The van der Waals surface area contributed by atoms with Crippen molar-refractivity contribution in [2.75, 3.05) is 25.2 Å². The van der Waals surface area contributed by atoms with Crippen molar-refractivity contribution in [3.63, 3.8) is 0 Å². The highest BCUT2D eigenvalue weighted by Gasteiger charge is 2.32. The summed E-state index contributed by atoms with van der Waals surface area (Å²) in [4.78, 5) is 23.5. The molecule has 0 saturated heterocycles. The van der Waals surface area contributed by atoms with Crippen molar-refractivity contribution in [1.29, 1.82) is 0 Å². The molecule has 0 atom stereocenters. The van der Waals surface area contributed by atoms with Crippen molar-refractivity contribution in [3.05, 3.63) is 16.7 Å². The molecule has 0 amide bonds. The Bertz CT molecular complexity index is 750. The Kier molecular flexibility index (Phi) is 3.32. The fraction of sp³-hybridized carbons (Fsp3) is 0.615. The Hall–Kier alpha value is -1.97. The standard InChI is InChI=1S/C13H18N6O3/c20-3-4-22-8-18-5-14-10-11(18)16-13-15-6-17(9-1-2-9)7-19(13)12(10)21/h5,9,20H,1-4,6-8H2,(H,15,16). The molecule has 9 heteroatoms. The number of aliphatic hydroxyl groups is 1. The number of aromatic nitrogens is 4. The topological polar surface area (TPSA) is 97.4 Å². The molecule has 4 rings (SSSR count). The van der Waals surface area contributed by atoms with E-state index in [0.717, 1.165) is 0 Å². The summed E-state index contributed by atoms with van der Waals surface area (Å²) in [6, 6.07) is 0.577. The fourth-order valence-electron chi connectivity index (χ4n) is 2.70. The highest BCUT2D eigenvalue weighted by Crippen LogP contribution is 2.28. The van der Waals surface area contributed by atoms with Gasteiger partial charge >= 0.3 is 0 Å². The van der Waals surface area contributed by atoms with Gasteiger partial charge in [0.15, 0.2) is 11.2 Å². The molecule has 2 aromatic rings. The first-order chi connectivity index (χ1) is 10.8. The lowest BCUT2D eigenvalue weighted by molar-refractivity contribution is 0.0499. The summed E-state index contributed by atoms with van der Waals surface area (Å²) < 4.78 is 8.58. The second kappa shape index (κ2) is 5.34. The zero-order valence-electron chi connectivity index (χ0n) is 12.1. The summed E-state index contributed by atoms with van der Waals surface area (Å²) in [5.74, 6) is 0.568. The minimum absolute atomic E-state index is 0.0450. The maximum Gasteiger partial charge on any atom is 0.284 e. The molecule has 2 aromatic heterocycles. The number of fused-ring (bicyclic) bond motifs is 2. The van der Waals surface area contributed by atoms with E-state index in [1.165, 1.54) is 12.8 Å². The van der Waals surface area contributed by atoms with Gasteiger partial charge < -0.3 is 15.2 Å². The van der Waals surface area contributed by atoms with Gasteiger partial charge in [-0.3, -0.25) is 18.8 Å². The largest absolute Gasteiger partial charge is 0.394 e. The molecule has 22 heavy (non-hydrogen) atoms. The Morgan fingerprint density at radius 1 is 1.45 bits per heavy atom. The van der Waals surface area contributed by atoms with Gasteiger partial charge in [0.1, 0.15) is 6.73 Å². The number of imidazole rings is 1. The van der Waals surface area contributed by atoms with E-state index >= 15 is 0 Å². The van der Waals surface area contributed by atoms with Crippen LogP contribution in [-0.4, -0.2) is 55.0 Å². The van der Waals surface area contributed by atoms with Crippen LogP contribution in [0.3, 0.4) is 0 Å². The Morgan fingerprint density at radius 2 is 2.32 bits per heavy atom. The van der Waals surface area contributed by atoms with Crippen LogP contribution in [0.5, 0.6) is 0 Å². The van der Waals surface area contributed by atoms with Crippen LogP contribution in [0.15, 0.2) is 11.1 Å². The molecule has 0 aromatic carbocycles. The second-order valence-corrected chi connectivity index (χ2v) is 5.61. The summed E-state index contributed by atoms with van der Waals surface area (Å²) >= 11 is 0. The molecular weight excluding hydrogens is 288 g/mol. The lowest BCUT2D eigenvalue weighted by Gasteiger charge is -2.30. The van der Waals surface area contributed by atoms with Gasteiger partial charge in [-0.15, -0.1) is 0 Å². The highest BCUT2D eigenvalue weighted by atomic mass is 16.5. The van der Waals surface area contributed by atoms with Gasteiger partial charge in [-0.2, -0.15) is 4.98 Å². The molecule has 1 aliphatic heterocycles. The van der Waals surface area contributed by atoms with Crippen molar-refractivity contribution in [3.8, 4) is 0 Å². The van der Waals surface area contributed by atoms with Crippen molar-refractivity contribution in [2.24, 2.45) is 0 Å². The van der Waals surface area contributed by atoms with Gasteiger partial charge in [-0.25, -0.2) is 4.98 Å². The van der Waals surface area contributed by atoms with E-state index in [9.17, 15) is 4.79 Å². The van der Waals surface area contributed by atoms with Gasteiger partial charge in [0.05, 0.1) is 32.9 Å². The van der Waals surface area contributed by atoms with Gasteiger partial charge in [0, 0.05) is 6.04 Å². The van der Waals surface area contributed by atoms with Crippen LogP contribution in [0.4, 0.5) is 5.95 Å². The van der Waals surface area contributed by atoms with E-state index in [-0.39, 0.29) is 25.5 Å². The minimum Gasteiger partial charge on any atom is -0.394 e. The van der Waals surface area contributed by atoms with Crippen LogP contribution in [0, 0.1) is 0 Å². The second-order valence-electron chi connectivity index (χ2n) is 5.61. The van der Waals surface area contributed by atoms with Crippen molar-refractivity contribution in [1.82, 2.24) is 24.0 Å². The Labute approximate surface area is 126 Å². The van der Waals surface area contributed by atoms with E-state index in [1.54, 1.807) is 15.5 Å². The molecule has 2 N–H and O–H groups in total. The molecule has 1 aliphatic carbocycles. The lowest BCUT2D eigenvalue weighted by atomic mass is 10.4. The van der Waals surface area contributed by atoms with Gasteiger partial charge in [0.2, 0.25) is 5.95 Å². The molecule has 0 bridgehead atoms. The quantitative estimate of drug-likeness (QED) is 0.709. The normalized spacial score (nSPS) is 18.4. The number of nitrogens with one attached hydrogen (secondary N) is 1. The fourth-order valence-corrected chi connectivity index (χ4v) is 2.70. The van der Waals surface area contributed by atoms with Gasteiger partial charge in [0.25, 0.3) is 5.56 Å². The molecular formula is C13H18N6O3. The average Bonchev–Trinajstić information content (AvgIpc) is 3.30. The number of aliphatic hydroxyl groups excluding tert-OH is 1. The molecule has 0 radical (unpaired) electrons. The molecule has 118 valence electrons. The summed E-state index contributed by atoms with van der Waals surface area (Å²) in [5, 5.41) is 12.0. The zero-order valence-corrected chi connectivity index (χ0v) is 12.1. The first-order valence-electron chi connectivity index (χ1n) is 7.40. The van der Waals surface area contributed by atoms with Crippen LogP contribution in [0.25, 0.3) is 11.2 Å². The first kappa shape index (κ1) is 13.7. The monoisotopic (exact) mass is 306 g/mol. The average molecular weight is 306 g/mol. The van der Waals surface area contributed by atoms with E-state index in [0.29, 0.717) is 36.5 Å². The van der Waals surface area contributed by atoms with Crippen molar-refractivity contribution in [2.45, 2.75) is 32.3 Å². The van der Waals surface area contributed by atoms with Crippen LogP contribution < -0.4 is 10.9 Å². The van der Waals surface area contributed by atoms with Crippen LogP contribution in [0.2, 0.25) is 0 Å². The Balaban J connectivity index is 1.68. The SMILES string of the molecule is O=c1c2ncn(COCCO)c2nc2n1CN(C1CC1)CN2. The maximum absolute atomic E-state index is 12.6. The summed E-state index contributed by atoms with van der Waals surface area (Å²) in [7, 11) is 0. The van der Waals surface area contributed by atoms with Gasteiger partial charge in [-0.1, -0.05) is 0 Å². The van der Waals surface area contributed by atoms with Crippen LogP contribution in [0.1, 0.15) is 12.8 Å².